The number of anilines is 1. The number of nitrogens with one attached hydrogen (secondary N) is 1. The van der Waals surface area contributed by atoms with Gasteiger partial charge < -0.3 is 18.5 Å². The number of thioether (sulfide) groups is 2. The Kier molecular flexibility index (Phi) is 16.0. The van der Waals surface area contributed by atoms with Crippen LogP contribution in [-0.2, 0) is 23.2 Å². The highest BCUT2D eigenvalue weighted by molar-refractivity contribution is 8.13. The third kappa shape index (κ3) is 14.1. The van der Waals surface area contributed by atoms with Crippen LogP contribution in [0.5, 0.6) is 17.2 Å². The predicted octanol–water partition coefficient (Wildman–Crippen LogP) is 8.44. The molecule has 0 aliphatic carbocycles. The van der Waals surface area contributed by atoms with Gasteiger partial charge in [0.1, 0.15) is 17.2 Å². The van der Waals surface area contributed by atoms with Crippen molar-refractivity contribution >= 4 is 69.0 Å². The molecule has 3 aromatic rings. The minimum Gasteiger partial charge on any atom is -0.491 e. The first kappa shape index (κ1) is 38.8. The van der Waals surface area contributed by atoms with Crippen molar-refractivity contribution in [2.45, 2.75) is 60.5 Å². The Morgan fingerprint density at radius 1 is 0.830 bits per heavy atom. The standard InChI is InChI=1S/C33H43N2O8PS3/c1-22(2)17-30(36)45-15-12-40-44(39,41-13-16-46-31(37)18-23(3)4)29-9-7-26(8-10-29)43-28-20-25(19-27(21-28)42-24(5)6)32(38)35-33-34-11-14-47-33/h7-11,14,19-24H,12-13,15-18H2,1-6H3,(H,34,35,38). The Balaban J connectivity index is 1.74. The van der Waals surface area contributed by atoms with E-state index in [-0.39, 0.29) is 47.3 Å². The maximum absolute atomic E-state index is 14.0. The molecule has 0 atom stereocenters. The largest absolute Gasteiger partial charge is 0.491 e. The highest BCUT2D eigenvalue weighted by Gasteiger charge is 2.28. The maximum Gasteiger partial charge on any atom is 0.361 e. The molecule has 0 unspecified atom stereocenters. The SMILES string of the molecule is CC(C)CC(=O)SCCOP(=O)(OCCSC(=O)CC(C)C)c1ccc(Oc2cc(OC(C)C)cc(C(=O)Nc3nccs3)c2)cc1. The van der Waals surface area contributed by atoms with Crippen LogP contribution in [0.25, 0.3) is 0 Å². The molecule has 0 aliphatic heterocycles. The summed E-state index contributed by atoms with van der Waals surface area (Å²) in [6.45, 7) is 11.8. The van der Waals surface area contributed by atoms with Crippen molar-refractivity contribution in [1.29, 1.82) is 0 Å². The van der Waals surface area contributed by atoms with Gasteiger partial charge in [0, 0.05) is 47.6 Å². The number of nitrogens with zero attached hydrogens (tertiary/aromatic N) is 1. The van der Waals surface area contributed by atoms with E-state index >= 15 is 0 Å². The molecule has 47 heavy (non-hydrogen) atoms. The zero-order chi connectivity index (χ0) is 34.4. The van der Waals surface area contributed by atoms with Gasteiger partial charge >= 0.3 is 7.60 Å². The minimum absolute atomic E-state index is 0.0396. The van der Waals surface area contributed by atoms with E-state index in [2.05, 4.69) is 10.3 Å². The van der Waals surface area contributed by atoms with Crippen molar-refractivity contribution < 1.29 is 37.5 Å². The second-order valence-electron chi connectivity index (χ2n) is 11.5. The van der Waals surface area contributed by atoms with Crippen molar-refractivity contribution in [1.82, 2.24) is 4.98 Å². The second kappa shape index (κ2) is 19.4. The van der Waals surface area contributed by atoms with Crippen molar-refractivity contribution in [3.63, 3.8) is 0 Å². The molecular weight excluding hydrogens is 680 g/mol. The Labute approximate surface area is 289 Å². The lowest BCUT2D eigenvalue weighted by atomic mass is 10.2. The number of amides is 1. The number of hydrogen-bond donors (Lipinski definition) is 1. The van der Waals surface area contributed by atoms with Crippen LogP contribution in [0.15, 0.2) is 54.0 Å². The predicted molar refractivity (Wildman–Crippen MR) is 192 cm³/mol. The van der Waals surface area contributed by atoms with E-state index in [0.717, 1.165) is 23.5 Å². The van der Waals surface area contributed by atoms with Crippen LogP contribution in [0, 0.1) is 11.8 Å². The monoisotopic (exact) mass is 722 g/mol. The quantitative estimate of drug-likeness (QED) is 0.0945. The van der Waals surface area contributed by atoms with E-state index < -0.39 is 7.60 Å². The third-order valence-corrected chi connectivity index (χ3v) is 10.3. The zero-order valence-corrected chi connectivity index (χ0v) is 30.9. The Bertz CT molecular complexity index is 1460. The van der Waals surface area contributed by atoms with E-state index in [4.69, 9.17) is 18.5 Å². The molecule has 14 heteroatoms. The molecule has 0 saturated heterocycles. The number of rotatable bonds is 19. The van der Waals surface area contributed by atoms with E-state index in [0.29, 0.717) is 57.6 Å². The lowest BCUT2D eigenvalue weighted by molar-refractivity contribution is -0.112. The zero-order valence-electron chi connectivity index (χ0n) is 27.6. The van der Waals surface area contributed by atoms with Gasteiger partial charge in [-0.1, -0.05) is 51.2 Å². The van der Waals surface area contributed by atoms with Crippen molar-refractivity contribution in [2.24, 2.45) is 11.8 Å². The average Bonchev–Trinajstić information content (AvgIpc) is 3.50. The molecule has 0 aliphatic rings. The number of benzene rings is 2. The first-order valence-corrected chi connectivity index (χ1v) is 19.7. The molecule has 256 valence electrons. The number of ether oxygens (including phenoxy) is 2. The molecule has 2 aromatic carbocycles. The fourth-order valence-electron chi connectivity index (χ4n) is 3.99. The van der Waals surface area contributed by atoms with Crippen LogP contribution in [0.4, 0.5) is 5.13 Å². The first-order valence-electron chi connectivity index (χ1n) is 15.3. The van der Waals surface area contributed by atoms with Crippen LogP contribution in [0.3, 0.4) is 0 Å². The van der Waals surface area contributed by atoms with Crippen molar-refractivity contribution in [3.8, 4) is 17.2 Å². The Morgan fingerprint density at radius 2 is 1.40 bits per heavy atom. The average molecular weight is 723 g/mol. The Hall–Kier alpha value is -2.67. The fraction of sp³-hybridized carbons (Fsp3) is 0.455. The number of carbonyl (C=O) groups excluding carboxylic acids is 3. The van der Waals surface area contributed by atoms with Crippen LogP contribution in [-0.4, -0.2) is 51.9 Å². The van der Waals surface area contributed by atoms with Crippen LogP contribution in [0.2, 0.25) is 0 Å². The molecular formula is C33H43N2O8PS3. The van der Waals surface area contributed by atoms with Gasteiger partial charge in [-0.25, -0.2) is 4.98 Å². The van der Waals surface area contributed by atoms with Gasteiger partial charge in [-0.15, -0.1) is 11.3 Å². The summed E-state index contributed by atoms with van der Waals surface area (Å²) in [4.78, 5) is 41.3. The molecule has 10 nitrogen and oxygen atoms in total. The number of thiazole rings is 1. The molecule has 0 spiro atoms. The lowest BCUT2D eigenvalue weighted by Gasteiger charge is -2.19. The summed E-state index contributed by atoms with van der Waals surface area (Å²) in [6.07, 6.45) is 2.37. The summed E-state index contributed by atoms with van der Waals surface area (Å²) >= 11 is 3.59. The molecule has 1 heterocycles. The lowest BCUT2D eigenvalue weighted by Crippen LogP contribution is -2.14. The fourth-order valence-corrected chi connectivity index (χ4v) is 8.00. The minimum atomic E-state index is -3.80. The summed E-state index contributed by atoms with van der Waals surface area (Å²) in [6, 6.07) is 11.3. The molecule has 1 N–H and O–H groups in total. The highest BCUT2D eigenvalue weighted by Crippen LogP contribution is 2.47. The van der Waals surface area contributed by atoms with Crippen LogP contribution >= 0.6 is 42.5 Å². The van der Waals surface area contributed by atoms with Gasteiger partial charge in [0.2, 0.25) is 0 Å². The highest BCUT2D eigenvalue weighted by atomic mass is 32.2. The maximum atomic E-state index is 14.0. The number of aromatic nitrogens is 1. The summed E-state index contributed by atoms with van der Waals surface area (Å²) in [5, 5.41) is 5.41. The topological polar surface area (TPSA) is 130 Å². The normalized spacial score (nSPS) is 11.7. The van der Waals surface area contributed by atoms with E-state index in [1.165, 1.54) is 11.3 Å². The summed E-state index contributed by atoms with van der Waals surface area (Å²) in [5.74, 6) is 2.03. The molecule has 3 rings (SSSR count). The van der Waals surface area contributed by atoms with Crippen molar-refractivity contribution in [3.05, 3.63) is 59.6 Å². The number of carbonyl (C=O) groups is 3. The molecule has 0 saturated carbocycles. The van der Waals surface area contributed by atoms with Gasteiger partial charge in [0.05, 0.1) is 24.6 Å². The second-order valence-corrected chi connectivity index (χ2v) is 16.8. The molecule has 0 fully saturated rings. The summed E-state index contributed by atoms with van der Waals surface area (Å²) in [5.41, 5.74) is 0.325. The number of hydrogen-bond acceptors (Lipinski definition) is 12. The molecule has 1 aromatic heterocycles. The molecule has 0 radical (unpaired) electrons. The van der Waals surface area contributed by atoms with E-state index in [1.54, 1.807) is 54.0 Å². The van der Waals surface area contributed by atoms with Crippen LogP contribution < -0.4 is 20.1 Å². The van der Waals surface area contributed by atoms with Gasteiger partial charge in [-0.05, 0) is 62.1 Å². The van der Waals surface area contributed by atoms with E-state index in [9.17, 15) is 18.9 Å². The molecule has 1 amide bonds. The van der Waals surface area contributed by atoms with E-state index in [1.807, 2.05) is 41.5 Å². The Morgan fingerprint density at radius 3 is 1.91 bits per heavy atom. The van der Waals surface area contributed by atoms with Crippen LogP contribution in [0.1, 0.15) is 64.7 Å². The summed E-state index contributed by atoms with van der Waals surface area (Å²) < 4.78 is 37.5. The smallest absolute Gasteiger partial charge is 0.361 e. The van der Waals surface area contributed by atoms with Gasteiger partial charge in [0.25, 0.3) is 5.91 Å². The van der Waals surface area contributed by atoms with Gasteiger partial charge in [-0.3, -0.25) is 24.3 Å². The third-order valence-electron chi connectivity index (χ3n) is 5.92. The van der Waals surface area contributed by atoms with Gasteiger partial charge in [-0.2, -0.15) is 0 Å². The van der Waals surface area contributed by atoms with Crippen molar-refractivity contribution in [2.75, 3.05) is 30.0 Å². The molecule has 0 bridgehead atoms. The summed E-state index contributed by atoms with van der Waals surface area (Å²) in [7, 11) is -3.80. The van der Waals surface area contributed by atoms with Gasteiger partial charge in [0.15, 0.2) is 15.4 Å². The first-order chi connectivity index (χ1) is 22.3.